The summed E-state index contributed by atoms with van der Waals surface area (Å²) in [7, 11) is 0. The van der Waals surface area contributed by atoms with Crippen molar-refractivity contribution >= 4 is 36.4 Å². The molecule has 11 heteroatoms. The Kier molecular flexibility index (Phi) is 6.28. The molecule has 2 aromatic heterocycles. The molecule has 1 atom stereocenters. The van der Waals surface area contributed by atoms with E-state index < -0.39 is 11.7 Å². The fourth-order valence-electron chi connectivity index (χ4n) is 3.71. The topological polar surface area (TPSA) is 71.3 Å². The molecule has 1 saturated carbocycles. The lowest BCUT2D eigenvalue weighted by Crippen LogP contribution is -2.33. The second-order valence-corrected chi connectivity index (χ2v) is 6.85. The minimum absolute atomic E-state index is 0. The molecule has 27 heavy (non-hydrogen) atoms. The summed E-state index contributed by atoms with van der Waals surface area (Å²) in [5.74, 6) is 0.236. The van der Waals surface area contributed by atoms with Crippen molar-refractivity contribution in [3.05, 3.63) is 29.7 Å². The summed E-state index contributed by atoms with van der Waals surface area (Å²) in [6, 6.07) is 2.24. The lowest BCUT2D eigenvalue weighted by Gasteiger charge is -2.23. The number of hydrogen-bond acceptors (Lipinski definition) is 4. The van der Waals surface area contributed by atoms with Crippen LogP contribution < -0.4 is 10.6 Å². The summed E-state index contributed by atoms with van der Waals surface area (Å²) in [4.78, 5) is 12.4. The highest BCUT2D eigenvalue weighted by Crippen LogP contribution is 2.58. The third kappa shape index (κ3) is 4.14. The van der Waals surface area contributed by atoms with Crippen molar-refractivity contribution in [1.29, 1.82) is 0 Å². The molecule has 1 aliphatic carbocycles. The fourth-order valence-corrected chi connectivity index (χ4v) is 3.71. The first-order valence-corrected chi connectivity index (χ1v) is 8.28. The van der Waals surface area contributed by atoms with Crippen molar-refractivity contribution in [2.45, 2.75) is 32.0 Å². The molecule has 150 valence electrons. The highest BCUT2D eigenvalue weighted by molar-refractivity contribution is 5.85. The van der Waals surface area contributed by atoms with E-state index in [4.69, 9.17) is 0 Å². The number of nitrogens with one attached hydrogen (secondary N) is 2. The van der Waals surface area contributed by atoms with E-state index in [-0.39, 0.29) is 54.4 Å². The van der Waals surface area contributed by atoms with Crippen LogP contribution in [0.25, 0.3) is 5.65 Å². The van der Waals surface area contributed by atoms with Crippen LogP contribution in [0.2, 0.25) is 0 Å². The summed E-state index contributed by atoms with van der Waals surface area (Å²) < 4.78 is 39.8. The van der Waals surface area contributed by atoms with E-state index in [9.17, 15) is 18.0 Å². The zero-order chi connectivity index (χ0) is 17.7. The quantitative estimate of drug-likeness (QED) is 0.792. The molecule has 3 heterocycles. The first-order chi connectivity index (χ1) is 11.9. The predicted octanol–water partition coefficient (Wildman–Crippen LogP) is 2.60. The standard InChI is InChI=1S/C16H18F3N5O.2ClH/c17-16(18,19)10-1-2-12-22-23-13(24(12)9-10)8-21-14(25)11-7-15(11)3-5-20-6-4-15;;/h1-2,9,11,20H,3-8H2,(H,21,25);2*1H. The maximum atomic E-state index is 12.9. The van der Waals surface area contributed by atoms with Gasteiger partial charge in [-0.25, -0.2) is 0 Å². The summed E-state index contributed by atoms with van der Waals surface area (Å²) in [5, 5.41) is 13.8. The first kappa shape index (κ1) is 21.7. The van der Waals surface area contributed by atoms with Gasteiger partial charge < -0.3 is 10.6 Å². The van der Waals surface area contributed by atoms with E-state index in [1.165, 1.54) is 10.5 Å². The number of amides is 1. The Morgan fingerprint density at radius 2 is 1.96 bits per heavy atom. The van der Waals surface area contributed by atoms with E-state index in [0.717, 1.165) is 44.6 Å². The van der Waals surface area contributed by atoms with Crippen molar-refractivity contribution < 1.29 is 18.0 Å². The number of rotatable bonds is 3. The van der Waals surface area contributed by atoms with Crippen molar-refractivity contribution in [3.8, 4) is 0 Å². The van der Waals surface area contributed by atoms with Crippen molar-refractivity contribution in [2.75, 3.05) is 13.1 Å². The zero-order valence-corrected chi connectivity index (χ0v) is 15.9. The van der Waals surface area contributed by atoms with Crippen LogP contribution in [0.15, 0.2) is 18.3 Å². The van der Waals surface area contributed by atoms with Gasteiger partial charge in [0, 0.05) is 12.1 Å². The van der Waals surface area contributed by atoms with Crippen LogP contribution >= 0.6 is 24.8 Å². The molecule has 1 aliphatic heterocycles. The van der Waals surface area contributed by atoms with Crippen LogP contribution in [0.3, 0.4) is 0 Å². The Bertz CT molecular complexity index is 820. The number of nitrogens with zero attached hydrogens (tertiary/aromatic N) is 3. The van der Waals surface area contributed by atoms with Crippen molar-refractivity contribution in [3.63, 3.8) is 0 Å². The monoisotopic (exact) mass is 425 g/mol. The Morgan fingerprint density at radius 1 is 1.26 bits per heavy atom. The van der Waals surface area contributed by atoms with Gasteiger partial charge in [0.25, 0.3) is 0 Å². The molecule has 2 aliphatic rings. The minimum atomic E-state index is -4.44. The maximum absolute atomic E-state index is 12.9. The number of pyridine rings is 1. The van der Waals surface area contributed by atoms with Crippen LogP contribution in [0.5, 0.6) is 0 Å². The fraction of sp³-hybridized carbons (Fsp3) is 0.562. The van der Waals surface area contributed by atoms with Gasteiger partial charge >= 0.3 is 6.18 Å². The highest BCUT2D eigenvalue weighted by Gasteiger charge is 2.57. The number of fused-ring (bicyclic) bond motifs is 1. The van der Waals surface area contributed by atoms with Crippen molar-refractivity contribution in [1.82, 2.24) is 25.2 Å². The van der Waals surface area contributed by atoms with Gasteiger partial charge in [0.2, 0.25) is 5.91 Å². The summed E-state index contributed by atoms with van der Waals surface area (Å²) >= 11 is 0. The van der Waals surface area contributed by atoms with Crippen LogP contribution in [0.1, 0.15) is 30.7 Å². The number of piperidine rings is 1. The van der Waals surface area contributed by atoms with E-state index >= 15 is 0 Å². The second-order valence-electron chi connectivity index (χ2n) is 6.85. The van der Waals surface area contributed by atoms with Gasteiger partial charge in [-0.3, -0.25) is 9.20 Å². The second kappa shape index (κ2) is 7.81. The number of carbonyl (C=O) groups excluding carboxylic acids is 1. The number of halogens is 5. The third-order valence-electron chi connectivity index (χ3n) is 5.33. The van der Waals surface area contributed by atoms with E-state index in [1.807, 2.05) is 0 Å². The third-order valence-corrected chi connectivity index (χ3v) is 5.33. The van der Waals surface area contributed by atoms with Gasteiger partial charge in [-0.15, -0.1) is 35.0 Å². The number of carbonyl (C=O) groups is 1. The number of aromatic nitrogens is 3. The molecule has 1 saturated heterocycles. The molecule has 1 unspecified atom stereocenters. The molecule has 2 aromatic rings. The average molecular weight is 426 g/mol. The van der Waals surface area contributed by atoms with E-state index in [1.54, 1.807) is 0 Å². The molecule has 0 radical (unpaired) electrons. The first-order valence-electron chi connectivity index (χ1n) is 8.28. The lowest BCUT2D eigenvalue weighted by molar-refractivity contribution is -0.137. The van der Waals surface area contributed by atoms with E-state index in [0.29, 0.717) is 5.65 Å². The van der Waals surface area contributed by atoms with Gasteiger partial charge in [0.15, 0.2) is 11.5 Å². The molecule has 4 rings (SSSR count). The highest BCUT2D eigenvalue weighted by atomic mass is 35.5. The predicted molar refractivity (Wildman–Crippen MR) is 97.0 cm³/mol. The normalized spacial score (nSPS) is 20.6. The molecule has 1 amide bonds. The Morgan fingerprint density at radius 3 is 2.63 bits per heavy atom. The van der Waals surface area contributed by atoms with Crippen LogP contribution in [0.4, 0.5) is 13.2 Å². The van der Waals surface area contributed by atoms with Crippen LogP contribution in [-0.2, 0) is 17.5 Å². The summed E-state index contributed by atoms with van der Waals surface area (Å²) in [6.07, 6.45) is -0.599. The van der Waals surface area contributed by atoms with Gasteiger partial charge in [-0.05, 0) is 49.9 Å². The van der Waals surface area contributed by atoms with Crippen LogP contribution in [0, 0.1) is 11.3 Å². The molecule has 2 fully saturated rings. The van der Waals surface area contributed by atoms with Gasteiger partial charge in [-0.1, -0.05) is 0 Å². The SMILES string of the molecule is Cl.Cl.O=C(NCc1nnc2ccc(C(F)(F)F)cn12)C1CC12CCNCC2. The van der Waals surface area contributed by atoms with Crippen molar-refractivity contribution in [2.24, 2.45) is 11.3 Å². The van der Waals surface area contributed by atoms with Gasteiger partial charge in [-0.2, -0.15) is 13.2 Å². The smallest absolute Gasteiger partial charge is 0.349 e. The van der Waals surface area contributed by atoms with Gasteiger partial charge in [0.1, 0.15) is 0 Å². The molecule has 6 nitrogen and oxygen atoms in total. The zero-order valence-electron chi connectivity index (χ0n) is 14.3. The Hall–Kier alpha value is -1.58. The molecular weight excluding hydrogens is 406 g/mol. The van der Waals surface area contributed by atoms with Gasteiger partial charge in [0.05, 0.1) is 12.1 Å². The number of alkyl halides is 3. The molecule has 0 bridgehead atoms. The lowest BCUT2D eigenvalue weighted by atomic mass is 9.92. The Labute approximate surface area is 166 Å². The molecule has 0 aromatic carbocycles. The Balaban J connectivity index is 0.00000131. The maximum Gasteiger partial charge on any atom is 0.417 e. The average Bonchev–Trinajstić information content (AvgIpc) is 3.11. The summed E-state index contributed by atoms with van der Waals surface area (Å²) in [6.45, 7) is 1.92. The molecule has 2 N–H and O–H groups in total. The largest absolute Gasteiger partial charge is 0.417 e. The summed E-state index contributed by atoms with van der Waals surface area (Å²) in [5.41, 5.74) is -0.340. The minimum Gasteiger partial charge on any atom is -0.349 e. The van der Waals surface area contributed by atoms with Crippen LogP contribution in [-0.4, -0.2) is 33.6 Å². The molecule has 1 spiro atoms. The molecular formula is C16H20Cl2F3N5O. The number of hydrogen-bond donors (Lipinski definition) is 2. The van der Waals surface area contributed by atoms with E-state index in [2.05, 4.69) is 20.8 Å².